The predicted molar refractivity (Wildman–Crippen MR) is 65.5 cm³/mol. The van der Waals surface area contributed by atoms with Gasteiger partial charge >= 0.3 is 5.97 Å². The van der Waals surface area contributed by atoms with Crippen molar-refractivity contribution >= 4 is 17.6 Å². The fourth-order valence-electron chi connectivity index (χ4n) is 1.29. The molecule has 0 aromatic carbocycles. The van der Waals surface area contributed by atoms with E-state index in [0.29, 0.717) is 5.69 Å². The number of ether oxygens (including phenoxy) is 1. The number of rotatable bonds is 5. The highest BCUT2D eigenvalue weighted by atomic mass is 16.5. The average Bonchev–Trinajstić information content (AvgIpc) is 2.62. The average molecular weight is 254 g/mol. The van der Waals surface area contributed by atoms with Gasteiger partial charge in [0.1, 0.15) is 6.54 Å². The van der Waals surface area contributed by atoms with Crippen molar-refractivity contribution in [3.05, 3.63) is 12.4 Å². The van der Waals surface area contributed by atoms with Gasteiger partial charge in [-0.05, 0) is 20.8 Å². The summed E-state index contributed by atoms with van der Waals surface area (Å²) in [6.07, 6.45) is 2.12. The molecule has 0 aliphatic rings. The Morgan fingerprint density at radius 2 is 2.17 bits per heavy atom. The van der Waals surface area contributed by atoms with Crippen LogP contribution in [0.15, 0.2) is 12.4 Å². The third-order valence-electron chi connectivity index (χ3n) is 2.05. The van der Waals surface area contributed by atoms with Crippen LogP contribution in [0, 0.1) is 0 Å². The number of nitrogens with two attached hydrogens (primary N) is 1. The molecule has 18 heavy (non-hydrogen) atoms. The van der Waals surface area contributed by atoms with Gasteiger partial charge in [0, 0.05) is 12.2 Å². The zero-order valence-electron chi connectivity index (χ0n) is 10.7. The number of nitrogens with zero attached hydrogens (tertiary/aromatic N) is 2. The molecule has 0 fully saturated rings. The van der Waals surface area contributed by atoms with Crippen molar-refractivity contribution in [1.29, 1.82) is 0 Å². The molecular formula is C11H18N4O3. The first kappa shape index (κ1) is 14.0. The molecule has 7 heteroatoms. The van der Waals surface area contributed by atoms with Crippen LogP contribution in [0.1, 0.15) is 20.8 Å². The second-order valence-corrected chi connectivity index (χ2v) is 4.27. The van der Waals surface area contributed by atoms with Crippen LogP contribution in [-0.4, -0.2) is 33.8 Å². The van der Waals surface area contributed by atoms with Crippen molar-refractivity contribution in [3.8, 4) is 0 Å². The van der Waals surface area contributed by atoms with E-state index in [9.17, 15) is 9.59 Å². The normalized spacial score (nSPS) is 12.2. The fraction of sp³-hybridized carbons (Fsp3) is 0.545. The van der Waals surface area contributed by atoms with E-state index >= 15 is 0 Å². The van der Waals surface area contributed by atoms with Crippen LogP contribution in [-0.2, 0) is 20.9 Å². The monoisotopic (exact) mass is 254 g/mol. The minimum atomic E-state index is -0.826. The summed E-state index contributed by atoms with van der Waals surface area (Å²) in [5.74, 6) is -0.858. The summed E-state index contributed by atoms with van der Waals surface area (Å²) in [7, 11) is 0. The number of carbonyl (C=O) groups is 2. The van der Waals surface area contributed by atoms with Gasteiger partial charge in [0.15, 0.2) is 6.10 Å². The highest BCUT2D eigenvalue weighted by Gasteiger charge is 2.18. The lowest BCUT2D eigenvalue weighted by Crippen LogP contribution is -2.39. The van der Waals surface area contributed by atoms with Gasteiger partial charge < -0.3 is 15.8 Å². The van der Waals surface area contributed by atoms with Crippen molar-refractivity contribution in [2.75, 3.05) is 5.73 Å². The van der Waals surface area contributed by atoms with Crippen LogP contribution in [0.25, 0.3) is 0 Å². The number of esters is 1. The van der Waals surface area contributed by atoms with E-state index in [1.807, 2.05) is 13.8 Å². The molecule has 0 spiro atoms. The van der Waals surface area contributed by atoms with Crippen LogP contribution in [0.3, 0.4) is 0 Å². The van der Waals surface area contributed by atoms with Gasteiger partial charge in [0.05, 0.1) is 11.9 Å². The first-order chi connectivity index (χ1) is 8.38. The molecule has 1 rings (SSSR count). The Morgan fingerprint density at radius 3 is 2.67 bits per heavy atom. The van der Waals surface area contributed by atoms with Gasteiger partial charge in [0.25, 0.3) is 5.91 Å². The highest BCUT2D eigenvalue weighted by molar-refractivity contribution is 5.83. The number of amides is 1. The van der Waals surface area contributed by atoms with Crippen LogP contribution < -0.4 is 11.1 Å². The van der Waals surface area contributed by atoms with Crippen molar-refractivity contribution in [2.45, 2.75) is 39.5 Å². The summed E-state index contributed by atoms with van der Waals surface area (Å²) in [6, 6.07) is 0.00423. The van der Waals surface area contributed by atoms with Crippen LogP contribution in [0.2, 0.25) is 0 Å². The molecule has 7 nitrogen and oxygen atoms in total. The number of hydrogen-bond acceptors (Lipinski definition) is 5. The van der Waals surface area contributed by atoms with E-state index in [1.54, 1.807) is 0 Å². The maximum atomic E-state index is 11.5. The number of nitrogen functional groups attached to an aromatic ring is 1. The van der Waals surface area contributed by atoms with E-state index in [2.05, 4.69) is 10.4 Å². The molecule has 0 saturated carbocycles. The fourth-order valence-corrected chi connectivity index (χ4v) is 1.29. The minimum Gasteiger partial charge on any atom is -0.451 e. The Labute approximate surface area is 105 Å². The van der Waals surface area contributed by atoms with E-state index in [4.69, 9.17) is 10.5 Å². The van der Waals surface area contributed by atoms with Gasteiger partial charge in [-0.1, -0.05) is 0 Å². The quantitative estimate of drug-likeness (QED) is 0.716. The number of carbonyl (C=O) groups excluding carboxylic acids is 2. The van der Waals surface area contributed by atoms with Crippen molar-refractivity contribution in [3.63, 3.8) is 0 Å². The lowest BCUT2D eigenvalue weighted by molar-refractivity contribution is -0.155. The van der Waals surface area contributed by atoms with E-state index in [0.717, 1.165) is 0 Å². The molecule has 0 bridgehead atoms. The Bertz CT molecular complexity index is 428. The molecule has 1 unspecified atom stereocenters. The molecule has 0 saturated heterocycles. The summed E-state index contributed by atoms with van der Waals surface area (Å²) in [4.78, 5) is 23.0. The smallest absolute Gasteiger partial charge is 0.328 e. The molecular weight excluding hydrogens is 236 g/mol. The van der Waals surface area contributed by atoms with Crippen molar-refractivity contribution in [1.82, 2.24) is 15.1 Å². The molecule has 0 aliphatic carbocycles. The van der Waals surface area contributed by atoms with Gasteiger partial charge in [-0.3, -0.25) is 14.3 Å². The van der Waals surface area contributed by atoms with Gasteiger partial charge in [-0.2, -0.15) is 5.10 Å². The standard InChI is InChI=1S/C11H18N4O3/c1-7(2)14-11(17)8(3)18-10(16)6-15-5-9(12)4-13-15/h4-5,7-8H,6,12H2,1-3H3,(H,14,17). The molecule has 1 heterocycles. The van der Waals surface area contributed by atoms with E-state index < -0.39 is 12.1 Å². The molecule has 0 aliphatic heterocycles. The first-order valence-electron chi connectivity index (χ1n) is 5.66. The van der Waals surface area contributed by atoms with Crippen LogP contribution in [0.5, 0.6) is 0 Å². The largest absolute Gasteiger partial charge is 0.451 e. The van der Waals surface area contributed by atoms with Crippen molar-refractivity contribution < 1.29 is 14.3 Å². The zero-order chi connectivity index (χ0) is 13.7. The highest BCUT2D eigenvalue weighted by Crippen LogP contribution is 2.00. The van der Waals surface area contributed by atoms with E-state index in [-0.39, 0.29) is 18.5 Å². The van der Waals surface area contributed by atoms with E-state index in [1.165, 1.54) is 24.0 Å². The minimum absolute atomic E-state index is 0.00423. The van der Waals surface area contributed by atoms with Crippen LogP contribution >= 0.6 is 0 Å². The van der Waals surface area contributed by atoms with Gasteiger partial charge in [0.2, 0.25) is 0 Å². The first-order valence-corrected chi connectivity index (χ1v) is 5.66. The van der Waals surface area contributed by atoms with Gasteiger partial charge in [-0.15, -0.1) is 0 Å². The topological polar surface area (TPSA) is 99.2 Å². The lowest BCUT2D eigenvalue weighted by atomic mass is 10.3. The molecule has 100 valence electrons. The Balaban J connectivity index is 2.42. The predicted octanol–water partition coefficient (Wildman–Crippen LogP) is -0.0784. The SMILES string of the molecule is CC(C)NC(=O)C(C)OC(=O)Cn1cc(N)cn1. The summed E-state index contributed by atoms with van der Waals surface area (Å²) >= 11 is 0. The third-order valence-corrected chi connectivity index (χ3v) is 2.05. The van der Waals surface area contributed by atoms with Crippen molar-refractivity contribution in [2.24, 2.45) is 0 Å². The number of anilines is 1. The molecule has 3 N–H and O–H groups in total. The summed E-state index contributed by atoms with van der Waals surface area (Å²) < 4.78 is 6.33. The number of hydrogen-bond donors (Lipinski definition) is 2. The molecule has 1 atom stereocenters. The van der Waals surface area contributed by atoms with Crippen LogP contribution in [0.4, 0.5) is 5.69 Å². The van der Waals surface area contributed by atoms with Gasteiger partial charge in [-0.25, -0.2) is 0 Å². The number of nitrogens with one attached hydrogen (secondary N) is 1. The molecule has 1 aromatic rings. The third kappa shape index (κ3) is 4.44. The maximum Gasteiger partial charge on any atom is 0.328 e. The molecule has 1 amide bonds. The summed E-state index contributed by atoms with van der Waals surface area (Å²) in [5, 5.41) is 6.50. The second-order valence-electron chi connectivity index (χ2n) is 4.27. The molecule has 1 aromatic heterocycles. The Morgan fingerprint density at radius 1 is 1.50 bits per heavy atom. The Kier molecular flexibility index (Phi) is 4.70. The molecule has 0 radical (unpaired) electrons. The second kappa shape index (κ2) is 6.04. The summed E-state index contributed by atoms with van der Waals surface area (Å²) in [6.45, 7) is 5.11. The summed E-state index contributed by atoms with van der Waals surface area (Å²) in [5.41, 5.74) is 5.93. The lowest BCUT2D eigenvalue weighted by Gasteiger charge is -2.15. The Hall–Kier alpha value is -2.05. The number of aromatic nitrogens is 2. The maximum absolute atomic E-state index is 11.5. The zero-order valence-corrected chi connectivity index (χ0v) is 10.7.